The molecule has 0 bridgehead atoms. The van der Waals surface area contributed by atoms with Gasteiger partial charge in [-0.15, -0.1) is 5.10 Å². The summed E-state index contributed by atoms with van der Waals surface area (Å²) in [6.45, 7) is 1.62. The fourth-order valence-corrected chi connectivity index (χ4v) is 2.20. The summed E-state index contributed by atoms with van der Waals surface area (Å²) >= 11 is 9.16. The summed E-state index contributed by atoms with van der Waals surface area (Å²) in [5.41, 5.74) is 0. The van der Waals surface area contributed by atoms with E-state index in [1.807, 2.05) is 0 Å². The highest BCUT2D eigenvalue weighted by atomic mass is 79.9. The molecule has 1 unspecified atom stereocenters. The van der Waals surface area contributed by atoms with Gasteiger partial charge in [-0.25, -0.2) is 5.10 Å². The van der Waals surface area contributed by atoms with Crippen molar-refractivity contribution in [2.24, 2.45) is 0 Å². The van der Waals surface area contributed by atoms with Crippen molar-refractivity contribution in [3.05, 3.63) is 27.7 Å². The summed E-state index contributed by atoms with van der Waals surface area (Å²) in [5, 5.41) is 9.35. The Morgan fingerprint density at radius 1 is 1.52 bits per heavy atom. The molecule has 0 saturated carbocycles. The minimum atomic E-state index is -0.737. The molecule has 1 heterocycles. The van der Waals surface area contributed by atoms with E-state index in [4.69, 9.17) is 21.1 Å². The Kier molecular flexibility index (Phi) is 5.03. The Balaban J connectivity index is 1.98. The molecule has 9 heteroatoms. The van der Waals surface area contributed by atoms with Crippen molar-refractivity contribution in [2.45, 2.75) is 13.0 Å². The molecule has 2 rings (SSSR count). The molecule has 0 aliphatic carbocycles. The van der Waals surface area contributed by atoms with Crippen LogP contribution < -0.4 is 14.8 Å². The first-order chi connectivity index (χ1) is 9.99. The minimum absolute atomic E-state index is 0.138. The molecule has 1 aromatic heterocycles. The van der Waals surface area contributed by atoms with Crippen LogP contribution in [0.15, 0.2) is 22.7 Å². The van der Waals surface area contributed by atoms with Crippen LogP contribution in [0.3, 0.4) is 0 Å². The van der Waals surface area contributed by atoms with Gasteiger partial charge in [-0.1, -0.05) is 11.6 Å². The zero-order chi connectivity index (χ0) is 15.4. The second-order valence-electron chi connectivity index (χ2n) is 3.99. The number of rotatable bonds is 5. The van der Waals surface area contributed by atoms with Crippen LogP contribution in [0.4, 0.5) is 5.95 Å². The van der Waals surface area contributed by atoms with Gasteiger partial charge in [-0.2, -0.15) is 4.98 Å². The molecule has 0 fully saturated rings. The molecule has 112 valence electrons. The normalized spacial score (nSPS) is 11.8. The number of anilines is 1. The first-order valence-corrected chi connectivity index (χ1v) is 7.05. The maximum atomic E-state index is 12.0. The van der Waals surface area contributed by atoms with Crippen molar-refractivity contribution < 1.29 is 14.3 Å². The predicted molar refractivity (Wildman–Crippen MR) is 80.8 cm³/mol. The van der Waals surface area contributed by atoms with Gasteiger partial charge in [0.15, 0.2) is 6.10 Å². The second kappa shape index (κ2) is 6.77. The summed E-state index contributed by atoms with van der Waals surface area (Å²) in [7, 11) is 1.43. The minimum Gasteiger partial charge on any atom is -0.480 e. The van der Waals surface area contributed by atoms with Crippen LogP contribution in [0.5, 0.6) is 11.8 Å². The topological polar surface area (TPSA) is 89.1 Å². The van der Waals surface area contributed by atoms with Crippen molar-refractivity contribution in [3.8, 4) is 11.8 Å². The van der Waals surface area contributed by atoms with E-state index in [9.17, 15) is 4.79 Å². The summed E-state index contributed by atoms with van der Waals surface area (Å²) in [5.74, 6) is 0.315. The summed E-state index contributed by atoms with van der Waals surface area (Å²) in [6.07, 6.45) is -0.737. The summed E-state index contributed by atoms with van der Waals surface area (Å²) in [4.78, 5) is 15.9. The molecule has 0 aliphatic rings. The molecule has 7 nitrogen and oxygen atoms in total. The average Bonchev–Trinajstić information content (AvgIpc) is 2.89. The van der Waals surface area contributed by atoms with E-state index in [1.54, 1.807) is 25.1 Å². The van der Waals surface area contributed by atoms with Gasteiger partial charge < -0.3 is 9.47 Å². The third-order valence-electron chi connectivity index (χ3n) is 2.46. The Morgan fingerprint density at radius 3 is 2.90 bits per heavy atom. The van der Waals surface area contributed by atoms with Crippen LogP contribution in [-0.4, -0.2) is 34.3 Å². The highest BCUT2D eigenvalue weighted by Gasteiger charge is 2.18. The number of aromatic amines is 1. The van der Waals surface area contributed by atoms with Crippen molar-refractivity contribution >= 4 is 39.4 Å². The van der Waals surface area contributed by atoms with Crippen LogP contribution in [0, 0.1) is 0 Å². The number of benzene rings is 1. The number of nitrogens with zero attached hydrogens (tertiary/aromatic N) is 2. The molecule has 0 spiro atoms. The van der Waals surface area contributed by atoms with Gasteiger partial charge in [0.2, 0.25) is 5.95 Å². The largest absolute Gasteiger partial charge is 0.480 e. The molecule has 0 saturated heterocycles. The lowest BCUT2D eigenvalue weighted by Crippen LogP contribution is -2.30. The third kappa shape index (κ3) is 4.08. The van der Waals surface area contributed by atoms with Gasteiger partial charge >= 0.3 is 6.01 Å². The van der Waals surface area contributed by atoms with E-state index in [2.05, 4.69) is 36.4 Å². The van der Waals surface area contributed by atoms with Gasteiger partial charge in [0.05, 0.1) is 11.6 Å². The van der Waals surface area contributed by atoms with E-state index in [-0.39, 0.29) is 17.9 Å². The van der Waals surface area contributed by atoms with E-state index in [0.717, 1.165) is 0 Å². The van der Waals surface area contributed by atoms with E-state index in [1.165, 1.54) is 7.11 Å². The van der Waals surface area contributed by atoms with Crippen LogP contribution in [0.25, 0.3) is 0 Å². The number of amides is 1. The maximum absolute atomic E-state index is 12.0. The number of carbonyl (C=O) groups is 1. The Labute approximate surface area is 134 Å². The van der Waals surface area contributed by atoms with E-state index < -0.39 is 6.10 Å². The number of ether oxygens (including phenoxy) is 2. The quantitative estimate of drug-likeness (QED) is 0.838. The highest BCUT2D eigenvalue weighted by Crippen LogP contribution is 2.28. The number of nitrogens with one attached hydrogen (secondary N) is 2. The second-order valence-corrected chi connectivity index (χ2v) is 5.29. The molecule has 0 radical (unpaired) electrons. The molecule has 2 N–H and O–H groups in total. The molecule has 21 heavy (non-hydrogen) atoms. The Bertz CT molecular complexity index is 649. The number of aromatic nitrogens is 3. The number of halogens is 2. The fourth-order valence-electron chi connectivity index (χ4n) is 1.43. The Hall–Kier alpha value is -1.80. The molecule has 1 atom stereocenters. The fraction of sp³-hybridized carbons (Fsp3) is 0.250. The monoisotopic (exact) mass is 374 g/mol. The van der Waals surface area contributed by atoms with Gasteiger partial charge in [0.1, 0.15) is 5.75 Å². The molecule has 0 aliphatic heterocycles. The van der Waals surface area contributed by atoms with E-state index >= 15 is 0 Å². The van der Waals surface area contributed by atoms with Crippen LogP contribution >= 0.6 is 27.5 Å². The summed E-state index contributed by atoms with van der Waals surface area (Å²) < 4.78 is 11.0. The van der Waals surface area contributed by atoms with Crippen LogP contribution in [0.1, 0.15) is 6.92 Å². The van der Waals surface area contributed by atoms with Gasteiger partial charge in [-0.3, -0.25) is 10.1 Å². The van der Waals surface area contributed by atoms with Crippen LogP contribution in [0.2, 0.25) is 5.02 Å². The summed E-state index contributed by atoms with van der Waals surface area (Å²) in [6, 6.07) is 5.17. The zero-order valence-corrected chi connectivity index (χ0v) is 13.5. The lowest BCUT2D eigenvalue weighted by atomic mass is 10.3. The van der Waals surface area contributed by atoms with Crippen molar-refractivity contribution in [1.82, 2.24) is 15.2 Å². The third-order valence-corrected chi connectivity index (χ3v) is 3.31. The standard InChI is InChI=1S/C12H12BrClN4O3/c1-6(21-9-4-3-7(14)5-8(9)13)10(19)15-11-16-12(20-2)18-17-11/h3-6H,1-2H3,(H2,15,16,17,18,19). The first-order valence-electron chi connectivity index (χ1n) is 5.88. The van der Waals surface area contributed by atoms with Gasteiger partial charge in [0.25, 0.3) is 5.91 Å². The number of methoxy groups -OCH3 is 1. The lowest BCUT2D eigenvalue weighted by Gasteiger charge is -2.14. The SMILES string of the molecule is COc1n[nH]c(NC(=O)C(C)Oc2ccc(Cl)cc2Br)n1. The van der Waals surface area contributed by atoms with Crippen molar-refractivity contribution in [2.75, 3.05) is 12.4 Å². The smallest absolute Gasteiger partial charge is 0.336 e. The molecule has 2 aromatic rings. The molecular formula is C12H12BrClN4O3. The average molecular weight is 376 g/mol. The number of hydrogen-bond acceptors (Lipinski definition) is 5. The van der Waals surface area contributed by atoms with Gasteiger partial charge in [0, 0.05) is 5.02 Å². The first kappa shape index (κ1) is 15.6. The predicted octanol–water partition coefficient (Wildman–Crippen LogP) is 2.64. The number of hydrogen-bond donors (Lipinski definition) is 2. The van der Waals surface area contributed by atoms with Crippen LogP contribution in [-0.2, 0) is 4.79 Å². The molecular weight excluding hydrogens is 364 g/mol. The zero-order valence-electron chi connectivity index (χ0n) is 11.2. The highest BCUT2D eigenvalue weighted by molar-refractivity contribution is 9.10. The van der Waals surface area contributed by atoms with Crippen molar-refractivity contribution in [1.29, 1.82) is 0 Å². The number of carbonyl (C=O) groups excluding carboxylic acids is 1. The Morgan fingerprint density at radius 2 is 2.29 bits per heavy atom. The number of H-pyrrole nitrogens is 1. The lowest BCUT2D eigenvalue weighted by molar-refractivity contribution is -0.122. The van der Waals surface area contributed by atoms with Crippen molar-refractivity contribution in [3.63, 3.8) is 0 Å². The maximum Gasteiger partial charge on any atom is 0.336 e. The molecule has 1 aromatic carbocycles. The van der Waals surface area contributed by atoms with Gasteiger partial charge in [-0.05, 0) is 41.1 Å². The van der Waals surface area contributed by atoms with E-state index in [0.29, 0.717) is 15.2 Å². The molecule has 1 amide bonds.